The number of halogens is 2. The molecule has 0 spiro atoms. The minimum atomic E-state index is -1.19. The van der Waals surface area contributed by atoms with Gasteiger partial charge in [0.25, 0.3) is 0 Å². The maximum Gasteiger partial charge on any atom is 0.118 e. The Morgan fingerprint density at radius 1 is 1.60 bits per heavy atom. The summed E-state index contributed by atoms with van der Waals surface area (Å²) in [5.74, 6) is -0.630. The van der Waals surface area contributed by atoms with Crippen LogP contribution in [-0.4, -0.2) is 25.9 Å². The summed E-state index contributed by atoms with van der Waals surface area (Å²) in [4.78, 5) is 0. The SMILES string of the molecule is C=C(C#N)CCC(CF)C(F)CNCC. The van der Waals surface area contributed by atoms with Crippen molar-refractivity contribution in [2.45, 2.75) is 25.9 Å². The summed E-state index contributed by atoms with van der Waals surface area (Å²) >= 11 is 0. The van der Waals surface area contributed by atoms with Gasteiger partial charge in [-0.15, -0.1) is 0 Å². The van der Waals surface area contributed by atoms with Crippen LogP contribution in [0.15, 0.2) is 12.2 Å². The van der Waals surface area contributed by atoms with E-state index in [1.807, 2.05) is 13.0 Å². The fraction of sp³-hybridized carbons (Fsp3) is 0.727. The molecule has 0 aliphatic carbocycles. The van der Waals surface area contributed by atoms with E-state index in [4.69, 9.17) is 5.26 Å². The number of hydrogen-bond acceptors (Lipinski definition) is 2. The molecular formula is C11H18F2N2. The van der Waals surface area contributed by atoms with Crippen molar-refractivity contribution in [3.8, 4) is 6.07 Å². The van der Waals surface area contributed by atoms with Gasteiger partial charge in [-0.2, -0.15) is 5.26 Å². The van der Waals surface area contributed by atoms with Gasteiger partial charge in [0.2, 0.25) is 0 Å². The predicted molar refractivity (Wildman–Crippen MR) is 56.9 cm³/mol. The maximum absolute atomic E-state index is 13.4. The second kappa shape index (κ2) is 8.37. The van der Waals surface area contributed by atoms with Crippen molar-refractivity contribution in [2.75, 3.05) is 19.8 Å². The number of nitrogens with zero attached hydrogens (tertiary/aromatic N) is 1. The van der Waals surface area contributed by atoms with Crippen LogP contribution in [0.5, 0.6) is 0 Å². The highest BCUT2D eigenvalue weighted by atomic mass is 19.1. The summed E-state index contributed by atoms with van der Waals surface area (Å²) < 4.78 is 25.9. The zero-order chi connectivity index (χ0) is 11.7. The van der Waals surface area contributed by atoms with Crippen molar-refractivity contribution in [1.82, 2.24) is 5.32 Å². The van der Waals surface area contributed by atoms with Gasteiger partial charge < -0.3 is 5.32 Å². The summed E-state index contributed by atoms with van der Waals surface area (Å²) in [6.07, 6.45) is -0.478. The number of nitriles is 1. The van der Waals surface area contributed by atoms with Gasteiger partial charge in [-0.25, -0.2) is 4.39 Å². The van der Waals surface area contributed by atoms with Crippen LogP contribution in [0.2, 0.25) is 0 Å². The van der Waals surface area contributed by atoms with Crippen molar-refractivity contribution in [3.05, 3.63) is 12.2 Å². The first-order valence-corrected chi connectivity index (χ1v) is 5.14. The Morgan fingerprint density at radius 3 is 2.73 bits per heavy atom. The molecule has 2 unspecified atom stereocenters. The molecule has 0 saturated carbocycles. The lowest BCUT2D eigenvalue weighted by Crippen LogP contribution is -2.30. The normalized spacial score (nSPS) is 14.3. The summed E-state index contributed by atoms with van der Waals surface area (Å²) in [7, 11) is 0. The fourth-order valence-electron chi connectivity index (χ4n) is 1.22. The molecule has 0 radical (unpaired) electrons. The molecule has 0 rings (SSSR count). The Morgan fingerprint density at radius 2 is 2.27 bits per heavy atom. The van der Waals surface area contributed by atoms with E-state index in [1.165, 1.54) is 0 Å². The standard InChI is InChI=1S/C11H18F2N2/c1-3-15-8-11(13)10(6-12)5-4-9(2)7-14/h10-11,15H,2-6,8H2,1H3. The minimum absolute atomic E-state index is 0.171. The molecule has 0 aromatic heterocycles. The number of allylic oxidation sites excluding steroid dienone is 1. The molecule has 0 fully saturated rings. The summed E-state index contributed by atoms with van der Waals surface area (Å²) in [5.41, 5.74) is 0.379. The second-order valence-corrected chi connectivity index (χ2v) is 3.49. The van der Waals surface area contributed by atoms with Crippen LogP contribution in [0.1, 0.15) is 19.8 Å². The quantitative estimate of drug-likeness (QED) is 0.632. The Bertz CT molecular complexity index is 223. The molecular weight excluding hydrogens is 198 g/mol. The van der Waals surface area contributed by atoms with Crippen molar-refractivity contribution < 1.29 is 8.78 Å². The van der Waals surface area contributed by atoms with E-state index in [9.17, 15) is 8.78 Å². The molecule has 0 aliphatic rings. The highest BCUT2D eigenvalue weighted by molar-refractivity contribution is 5.15. The van der Waals surface area contributed by atoms with E-state index in [2.05, 4.69) is 11.9 Å². The molecule has 0 saturated heterocycles. The van der Waals surface area contributed by atoms with Gasteiger partial charge in [-0.1, -0.05) is 13.5 Å². The van der Waals surface area contributed by atoms with E-state index < -0.39 is 18.8 Å². The van der Waals surface area contributed by atoms with Gasteiger partial charge >= 0.3 is 0 Å². The zero-order valence-corrected chi connectivity index (χ0v) is 9.10. The number of hydrogen-bond donors (Lipinski definition) is 1. The summed E-state index contributed by atoms with van der Waals surface area (Å²) in [6, 6.07) is 1.87. The molecule has 0 aliphatic heterocycles. The van der Waals surface area contributed by atoms with Gasteiger partial charge in [0, 0.05) is 18.0 Å². The number of rotatable bonds is 8. The molecule has 0 heterocycles. The predicted octanol–water partition coefficient (Wildman–Crippen LogP) is 2.38. The molecule has 0 aromatic rings. The molecule has 15 heavy (non-hydrogen) atoms. The van der Waals surface area contributed by atoms with Gasteiger partial charge in [-0.3, -0.25) is 4.39 Å². The van der Waals surface area contributed by atoms with Crippen LogP contribution in [0.25, 0.3) is 0 Å². The lowest BCUT2D eigenvalue weighted by Gasteiger charge is -2.17. The molecule has 2 atom stereocenters. The van der Waals surface area contributed by atoms with Crippen LogP contribution in [0.4, 0.5) is 8.78 Å². The number of alkyl halides is 2. The second-order valence-electron chi connectivity index (χ2n) is 3.49. The van der Waals surface area contributed by atoms with E-state index in [1.54, 1.807) is 0 Å². The molecule has 1 N–H and O–H groups in total. The summed E-state index contributed by atoms with van der Waals surface area (Å²) in [6.45, 7) is 5.50. The van der Waals surface area contributed by atoms with Gasteiger partial charge in [0.15, 0.2) is 0 Å². The third-order valence-electron chi connectivity index (χ3n) is 2.27. The van der Waals surface area contributed by atoms with E-state index in [-0.39, 0.29) is 6.54 Å². The average molecular weight is 216 g/mol. The van der Waals surface area contributed by atoms with Crippen LogP contribution < -0.4 is 5.32 Å². The molecule has 0 aromatic carbocycles. The third-order valence-corrected chi connectivity index (χ3v) is 2.27. The zero-order valence-electron chi connectivity index (χ0n) is 9.10. The monoisotopic (exact) mass is 216 g/mol. The van der Waals surface area contributed by atoms with Crippen LogP contribution in [-0.2, 0) is 0 Å². The fourth-order valence-corrected chi connectivity index (χ4v) is 1.22. The van der Waals surface area contributed by atoms with Crippen molar-refractivity contribution in [3.63, 3.8) is 0 Å². The van der Waals surface area contributed by atoms with Gasteiger partial charge in [0.1, 0.15) is 6.17 Å². The van der Waals surface area contributed by atoms with Crippen LogP contribution in [0.3, 0.4) is 0 Å². The maximum atomic E-state index is 13.4. The van der Waals surface area contributed by atoms with Crippen molar-refractivity contribution in [1.29, 1.82) is 5.26 Å². The lowest BCUT2D eigenvalue weighted by molar-refractivity contribution is 0.178. The van der Waals surface area contributed by atoms with E-state index >= 15 is 0 Å². The Kier molecular flexibility index (Phi) is 7.84. The van der Waals surface area contributed by atoms with Gasteiger partial charge in [-0.05, 0) is 19.4 Å². The Hall–Kier alpha value is -0.950. The van der Waals surface area contributed by atoms with Crippen LogP contribution in [0, 0.1) is 17.2 Å². The van der Waals surface area contributed by atoms with Crippen molar-refractivity contribution >= 4 is 0 Å². The Labute approximate surface area is 90.0 Å². The Balaban J connectivity index is 3.90. The first-order chi connectivity index (χ1) is 7.15. The first-order valence-electron chi connectivity index (χ1n) is 5.14. The number of nitrogens with one attached hydrogen (secondary N) is 1. The lowest BCUT2D eigenvalue weighted by atomic mass is 9.97. The molecule has 86 valence electrons. The van der Waals surface area contributed by atoms with E-state index in [0.717, 1.165) is 0 Å². The molecule has 0 amide bonds. The molecule has 4 heteroatoms. The highest BCUT2D eigenvalue weighted by Gasteiger charge is 2.20. The average Bonchev–Trinajstić information content (AvgIpc) is 2.26. The summed E-state index contributed by atoms with van der Waals surface area (Å²) in [5, 5.41) is 11.3. The smallest absolute Gasteiger partial charge is 0.118 e. The largest absolute Gasteiger partial charge is 0.314 e. The van der Waals surface area contributed by atoms with E-state index in [0.29, 0.717) is 25.0 Å². The van der Waals surface area contributed by atoms with Crippen LogP contribution >= 0.6 is 0 Å². The van der Waals surface area contributed by atoms with Crippen molar-refractivity contribution in [2.24, 2.45) is 5.92 Å². The minimum Gasteiger partial charge on any atom is -0.314 e. The third kappa shape index (κ3) is 6.19. The molecule has 0 bridgehead atoms. The molecule has 2 nitrogen and oxygen atoms in total. The first kappa shape index (κ1) is 14.1. The van der Waals surface area contributed by atoms with Gasteiger partial charge in [0.05, 0.1) is 12.7 Å². The highest BCUT2D eigenvalue weighted by Crippen LogP contribution is 2.17. The topological polar surface area (TPSA) is 35.8 Å².